The van der Waals surface area contributed by atoms with Crippen LogP contribution in [0.3, 0.4) is 0 Å². The van der Waals surface area contributed by atoms with Crippen LogP contribution in [0.4, 0.5) is 5.69 Å². The van der Waals surface area contributed by atoms with E-state index >= 15 is 0 Å². The number of benzene rings is 3. The van der Waals surface area contributed by atoms with Crippen LogP contribution in [0.1, 0.15) is 28.3 Å². The molecule has 0 fully saturated rings. The summed E-state index contributed by atoms with van der Waals surface area (Å²) in [5.41, 5.74) is 4.73. The molecule has 0 spiro atoms. The summed E-state index contributed by atoms with van der Waals surface area (Å²) in [4.78, 5) is 12.7. The molecule has 1 amide bonds. The van der Waals surface area contributed by atoms with Crippen molar-refractivity contribution in [2.24, 2.45) is 0 Å². The minimum atomic E-state index is -3.41. The molecular weight excluding hydrogens is 432 g/mol. The number of anilines is 1. The van der Waals surface area contributed by atoms with Gasteiger partial charge in [-0.2, -0.15) is 0 Å². The molecule has 31 heavy (non-hydrogen) atoms. The molecule has 0 heterocycles. The van der Waals surface area contributed by atoms with Crippen LogP contribution in [-0.4, -0.2) is 27.1 Å². The van der Waals surface area contributed by atoms with Gasteiger partial charge in [-0.25, -0.2) is 8.42 Å². The molecule has 0 aliphatic rings. The lowest BCUT2D eigenvalue weighted by Crippen LogP contribution is -2.32. The molecule has 7 heteroatoms. The summed E-state index contributed by atoms with van der Waals surface area (Å²) in [6, 6.07) is 20.2. The van der Waals surface area contributed by atoms with E-state index in [-0.39, 0.29) is 34.1 Å². The monoisotopic (exact) mass is 456 g/mol. The Morgan fingerprint density at radius 3 is 2.29 bits per heavy atom. The molecule has 0 bridgehead atoms. The van der Waals surface area contributed by atoms with E-state index in [1.54, 1.807) is 0 Å². The Hall–Kier alpha value is -2.67. The van der Waals surface area contributed by atoms with E-state index in [9.17, 15) is 13.2 Å². The fourth-order valence-electron chi connectivity index (χ4n) is 3.24. The van der Waals surface area contributed by atoms with Gasteiger partial charge in [-0.15, -0.1) is 0 Å². The number of rotatable bonds is 7. The zero-order chi connectivity index (χ0) is 22.6. The van der Waals surface area contributed by atoms with Gasteiger partial charge in [0.1, 0.15) is 0 Å². The van der Waals surface area contributed by atoms with Gasteiger partial charge in [-0.3, -0.25) is 10.1 Å². The molecule has 0 saturated carbocycles. The lowest BCUT2D eigenvalue weighted by molar-refractivity contribution is -0.115. The van der Waals surface area contributed by atoms with Gasteiger partial charge >= 0.3 is 0 Å². The van der Waals surface area contributed by atoms with Crippen LogP contribution in [0, 0.1) is 13.8 Å². The van der Waals surface area contributed by atoms with E-state index in [0.29, 0.717) is 0 Å². The van der Waals surface area contributed by atoms with Crippen molar-refractivity contribution in [3.63, 3.8) is 0 Å². The molecule has 0 radical (unpaired) electrons. The van der Waals surface area contributed by atoms with E-state index in [1.807, 2.05) is 30.3 Å². The predicted octanol–water partition coefficient (Wildman–Crippen LogP) is 4.68. The summed E-state index contributed by atoms with van der Waals surface area (Å²) in [7, 11) is -3.41. The maximum absolute atomic E-state index is 12.6. The van der Waals surface area contributed by atoms with Crippen molar-refractivity contribution in [1.29, 1.82) is 0 Å². The topological polar surface area (TPSA) is 75.3 Å². The Morgan fingerprint density at radius 1 is 0.935 bits per heavy atom. The summed E-state index contributed by atoms with van der Waals surface area (Å²) >= 11 is 6.15. The maximum Gasteiger partial charge on any atom is 0.238 e. The normalized spacial score (nSPS) is 12.4. The minimum absolute atomic E-state index is 0.0198. The number of carbonyl (C=O) groups excluding carboxylic acids is 1. The number of carbonyl (C=O) groups is 1. The highest BCUT2D eigenvalue weighted by Gasteiger charge is 2.17. The lowest BCUT2D eigenvalue weighted by atomic mass is 9.95. The average Bonchev–Trinajstić information content (AvgIpc) is 2.72. The quantitative estimate of drug-likeness (QED) is 0.541. The van der Waals surface area contributed by atoms with Crippen LogP contribution in [0.5, 0.6) is 0 Å². The first-order valence-electron chi connectivity index (χ1n) is 9.80. The molecule has 3 rings (SSSR count). The van der Waals surface area contributed by atoms with Crippen molar-refractivity contribution in [2.75, 3.05) is 18.1 Å². The number of hydrogen-bond donors (Lipinski definition) is 2. The van der Waals surface area contributed by atoms with E-state index in [4.69, 9.17) is 11.6 Å². The largest absolute Gasteiger partial charge is 0.324 e. The first-order chi connectivity index (χ1) is 14.6. The molecule has 0 aliphatic carbocycles. The van der Waals surface area contributed by atoms with Crippen LogP contribution in [0.15, 0.2) is 71.6 Å². The zero-order valence-electron chi connectivity index (χ0n) is 17.6. The molecule has 162 valence electrons. The first kappa shape index (κ1) is 23.0. The summed E-state index contributed by atoms with van der Waals surface area (Å²) in [5, 5.41) is 6.29. The van der Waals surface area contributed by atoms with Gasteiger partial charge in [0, 0.05) is 6.26 Å². The van der Waals surface area contributed by atoms with Crippen LogP contribution in [0.25, 0.3) is 0 Å². The van der Waals surface area contributed by atoms with Crippen molar-refractivity contribution < 1.29 is 13.2 Å². The number of aryl methyl sites for hydroxylation is 2. The van der Waals surface area contributed by atoms with Crippen molar-refractivity contribution in [1.82, 2.24) is 5.32 Å². The number of halogens is 1. The highest BCUT2D eigenvalue weighted by molar-refractivity contribution is 7.90. The molecule has 5 nitrogen and oxygen atoms in total. The highest BCUT2D eigenvalue weighted by Crippen LogP contribution is 2.26. The molecule has 2 N–H and O–H groups in total. The van der Waals surface area contributed by atoms with Gasteiger partial charge in [-0.1, -0.05) is 60.1 Å². The number of nitrogens with one attached hydrogen (secondary N) is 2. The van der Waals surface area contributed by atoms with E-state index in [2.05, 4.69) is 42.7 Å². The van der Waals surface area contributed by atoms with Gasteiger partial charge in [0.15, 0.2) is 9.84 Å². The predicted molar refractivity (Wildman–Crippen MR) is 125 cm³/mol. The molecule has 3 aromatic carbocycles. The summed E-state index contributed by atoms with van der Waals surface area (Å²) in [6.07, 6.45) is 1.11. The van der Waals surface area contributed by atoms with Crippen molar-refractivity contribution >= 4 is 33.0 Å². The highest BCUT2D eigenvalue weighted by atomic mass is 35.5. The Morgan fingerprint density at radius 2 is 1.65 bits per heavy atom. The third-order valence-corrected chi connectivity index (χ3v) is 6.54. The van der Waals surface area contributed by atoms with Crippen molar-refractivity contribution in [3.8, 4) is 0 Å². The first-order valence-corrected chi connectivity index (χ1v) is 12.1. The standard InChI is InChI=1S/C24H25ClN2O3S/c1-16-9-10-19(13-17(16)2)24(18-7-5-4-6-8-18)26-15-23(28)27-22-14-20(31(3,29)30)11-12-21(22)25/h4-14,24,26H,15H2,1-3H3,(H,27,28)/t24-/m0/s1. The van der Waals surface area contributed by atoms with Gasteiger partial charge < -0.3 is 5.32 Å². The summed E-state index contributed by atoms with van der Waals surface area (Å²) in [5.74, 6) is -0.322. The van der Waals surface area contributed by atoms with Crippen LogP contribution in [-0.2, 0) is 14.6 Å². The second-order valence-electron chi connectivity index (χ2n) is 7.53. The smallest absolute Gasteiger partial charge is 0.238 e. The zero-order valence-corrected chi connectivity index (χ0v) is 19.2. The van der Waals surface area contributed by atoms with E-state index < -0.39 is 9.84 Å². The molecule has 0 aliphatic heterocycles. The summed E-state index contributed by atoms with van der Waals surface area (Å²) < 4.78 is 23.6. The average molecular weight is 457 g/mol. The number of hydrogen-bond acceptors (Lipinski definition) is 4. The molecular formula is C24H25ClN2O3S. The minimum Gasteiger partial charge on any atom is -0.324 e. The molecule has 1 atom stereocenters. The second-order valence-corrected chi connectivity index (χ2v) is 9.95. The Balaban J connectivity index is 1.79. The van der Waals surface area contributed by atoms with E-state index in [1.165, 1.54) is 29.3 Å². The van der Waals surface area contributed by atoms with Crippen molar-refractivity contribution in [3.05, 3.63) is 94.0 Å². The number of amides is 1. The SMILES string of the molecule is Cc1ccc([C@@H](NCC(=O)Nc2cc(S(C)(=O)=O)ccc2Cl)c2ccccc2)cc1C. The lowest BCUT2D eigenvalue weighted by Gasteiger charge is -2.21. The van der Waals surface area contributed by atoms with Gasteiger partial charge in [-0.05, 0) is 54.3 Å². The Bertz CT molecular complexity index is 1190. The van der Waals surface area contributed by atoms with Gasteiger partial charge in [0.2, 0.25) is 5.91 Å². The van der Waals surface area contributed by atoms with E-state index in [0.717, 1.165) is 17.4 Å². The fourth-order valence-corrected chi connectivity index (χ4v) is 4.05. The Labute approximate surface area is 188 Å². The molecule has 0 unspecified atom stereocenters. The maximum atomic E-state index is 12.6. The van der Waals surface area contributed by atoms with Crippen LogP contribution >= 0.6 is 11.6 Å². The van der Waals surface area contributed by atoms with Gasteiger partial charge in [0.25, 0.3) is 0 Å². The Kier molecular flexibility index (Phi) is 7.15. The molecule has 0 aromatic heterocycles. The van der Waals surface area contributed by atoms with Crippen molar-refractivity contribution in [2.45, 2.75) is 24.8 Å². The molecule has 0 saturated heterocycles. The summed E-state index contributed by atoms with van der Waals surface area (Å²) in [6.45, 7) is 4.14. The fraction of sp³-hybridized carbons (Fsp3) is 0.208. The second kappa shape index (κ2) is 9.64. The third-order valence-electron chi connectivity index (χ3n) is 5.10. The third kappa shape index (κ3) is 5.94. The number of sulfone groups is 1. The van der Waals surface area contributed by atoms with Crippen LogP contribution in [0.2, 0.25) is 5.02 Å². The van der Waals surface area contributed by atoms with Crippen LogP contribution < -0.4 is 10.6 Å². The van der Waals surface area contributed by atoms with Gasteiger partial charge in [0.05, 0.1) is 28.2 Å². The molecule has 3 aromatic rings.